The SMILES string of the molecule is CCn1c2ccccc2c2cc(/C=N/NCc3ccccc3)ccc21. The summed E-state index contributed by atoms with van der Waals surface area (Å²) in [4.78, 5) is 0. The van der Waals surface area contributed by atoms with Gasteiger partial charge in [0.25, 0.3) is 0 Å². The maximum atomic E-state index is 4.37. The molecule has 0 saturated heterocycles. The molecule has 0 radical (unpaired) electrons. The quantitative estimate of drug-likeness (QED) is 0.408. The average molecular weight is 327 g/mol. The maximum Gasteiger partial charge on any atom is 0.0580 e. The third kappa shape index (κ3) is 3.01. The average Bonchev–Trinajstić information content (AvgIpc) is 2.99. The van der Waals surface area contributed by atoms with Crippen molar-refractivity contribution in [1.29, 1.82) is 0 Å². The third-order valence-electron chi connectivity index (χ3n) is 4.54. The first-order valence-electron chi connectivity index (χ1n) is 8.67. The van der Waals surface area contributed by atoms with E-state index in [0.29, 0.717) is 0 Å². The summed E-state index contributed by atoms with van der Waals surface area (Å²) in [5, 5.41) is 6.95. The number of rotatable bonds is 5. The van der Waals surface area contributed by atoms with Gasteiger partial charge < -0.3 is 9.99 Å². The van der Waals surface area contributed by atoms with Crippen LogP contribution in [0.3, 0.4) is 0 Å². The Kier molecular flexibility index (Phi) is 4.21. The minimum absolute atomic E-state index is 0.731. The molecule has 124 valence electrons. The maximum absolute atomic E-state index is 4.37. The molecule has 3 nitrogen and oxygen atoms in total. The number of aryl methyl sites for hydroxylation is 1. The minimum Gasteiger partial charge on any atom is -0.341 e. The first-order chi connectivity index (χ1) is 12.4. The van der Waals surface area contributed by atoms with Crippen molar-refractivity contribution in [1.82, 2.24) is 9.99 Å². The number of fused-ring (bicyclic) bond motifs is 3. The fourth-order valence-electron chi connectivity index (χ4n) is 3.35. The monoisotopic (exact) mass is 327 g/mol. The number of hydrazone groups is 1. The van der Waals surface area contributed by atoms with Gasteiger partial charge in [0.05, 0.1) is 12.8 Å². The van der Waals surface area contributed by atoms with E-state index >= 15 is 0 Å². The Balaban J connectivity index is 1.61. The summed E-state index contributed by atoms with van der Waals surface area (Å²) in [6, 6.07) is 25.4. The molecular formula is C22H21N3. The molecule has 25 heavy (non-hydrogen) atoms. The van der Waals surface area contributed by atoms with E-state index in [-0.39, 0.29) is 0 Å². The first-order valence-corrected chi connectivity index (χ1v) is 8.67. The van der Waals surface area contributed by atoms with Crippen molar-refractivity contribution in [3.63, 3.8) is 0 Å². The van der Waals surface area contributed by atoms with Gasteiger partial charge in [0.1, 0.15) is 0 Å². The van der Waals surface area contributed by atoms with E-state index < -0.39 is 0 Å². The van der Waals surface area contributed by atoms with Gasteiger partial charge in [-0.2, -0.15) is 5.10 Å². The number of hydrogen-bond donors (Lipinski definition) is 1. The van der Waals surface area contributed by atoms with Crippen LogP contribution in [0.1, 0.15) is 18.1 Å². The molecule has 1 aromatic heterocycles. The number of hydrogen-bond acceptors (Lipinski definition) is 2. The Bertz CT molecular complexity index is 1030. The highest BCUT2D eigenvalue weighted by atomic mass is 15.3. The largest absolute Gasteiger partial charge is 0.341 e. The van der Waals surface area contributed by atoms with Crippen LogP contribution in [0.25, 0.3) is 21.8 Å². The summed E-state index contributed by atoms with van der Waals surface area (Å²) in [5.41, 5.74) is 8.01. The molecular weight excluding hydrogens is 306 g/mol. The standard InChI is InChI=1S/C22H21N3/c1-2-25-21-11-7-6-10-19(21)20-14-18(12-13-22(20)25)16-24-23-15-17-8-4-3-5-9-17/h3-14,16,23H,2,15H2,1H3/b24-16+. The van der Waals surface area contributed by atoms with E-state index in [0.717, 1.165) is 18.7 Å². The number of benzene rings is 3. The van der Waals surface area contributed by atoms with Crippen LogP contribution in [-0.2, 0) is 13.1 Å². The molecule has 0 aliphatic heterocycles. The molecule has 0 bridgehead atoms. The second kappa shape index (κ2) is 6.81. The second-order valence-corrected chi connectivity index (χ2v) is 6.12. The van der Waals surface area contributed by atoms with Crippen molar-refractivity contribution < 1.29 is 0 Å². The second-order valence-electron chi connectivity index (χ2n) is 6.12. The molecule has 0 unspecified atom stereocenters. The van der Waals surface area contributed by atoms with Crippen molar-refractivity contribution >= 4 is 28.0 Å². The van der Waals surface area contributed by atoms with Crippen LogP contribution in [-0.4, -0.2) is 10.8 Å². The van der Waals surface area contributed by atoms with Gasteiger partial charge in [-0.05, 0) is 36.2 Å². The zero-order chi connectivity index (χ0) is 17.1. The Labute approximate surface area is 147 Å². The summed E-state index contributed by atoms with van der Waals surface area (Å²) in [6.07, 6.45) is 1.89. The Hall–Kier alpha value is -3.07. The van der Waals surface area contributed by atoms with Crippen molar-refractivity contribution in [3.8, 4) is 0 Å². The van der Waals surface area contributed by atoms with E-state index in [1.807, 2.05) is 24.4 Å². The Morgan fingerprint density at radius 1 is 0.880 bits per heavy atom. The lowest BCUT2D eigenvalue weighted by Crippen LogP contribution is -2.05. The fraction of sp³-hybridized carbons (Fsp3) is 0.136. The van der Waals surface area contributed by atoms with E-state index in [9.17, 15) is 0 Å². The van der Waals surface area contributed by atoms with Crippen molar-refractivity contribution in [2.24, 2.45) is 5.10 Å². The van der Waals surface area contributed by atoms with Gasteiger partial charge in [0, 0.05) is 28.4 Å². The van der Waals surface area contributed by atoms with Gasteiger partial charge in [-0.3, -0.25) is 0 Å². The highest BCUT2D eigenvalue weighted by molar-refractivity contribution is 6.09. The van der Waals surface area contributed by atoms with Gasteiger partial charge in [-0.1, -0.05) is 54.6 Å². The smallest absolute Gasteiger partial charge is 0.0580 e. The first kappa shape index (κ1) is 15.5. The van der Waals surface area contributed by atoms with Crippen LogP contribution in [0.4, 0.5) is 0 Å². The molecule has 4 aromatic rings. The van der Waals surface area contributed by atoms with Crippen LogP contribution in [0.5, 0.6) is 0 Å². The zero-order valence-electron chi connectivity index (χ0n) is 14.3. The fourth-order valence-corrected chi connectivity index (χ4v) is 3.35. The Morgan fingerprint density at radius 2 is 1.64 bits per heavy atom. The molecule has 3 heteroatoms. The number of nitrogens with one attached hydrogen (secondary N) is 1. The molecule has 1 heterocycles. The highest BCUT2D eigenvalue weighted by Gasteiger charge is 2.08. The van der Waals surface area contributed by atoms with Crippen LogP contribution in [0.15, 0.2) is 77.9 Å². The predicted molar refractivity (Wildman–Crippen MR) is 106 cm³/mol. The summed E-state index contributed by atoms with van der Waals surface area (Å²) < 4.78 is 2.36. The van der Waals surface area contributed by atoms with Gasteiger partial charge in [0.15, 0.2) is 0 Å². The van der Waals surface area contributed by atoms with E-state index in [1.165, 1.54) is 27.4 Å². The van der Waals surface area contributed by atoms with Crippen molar-refractivity contribution in [2.45, 2.75) is 20.0 Å². The molecule has 0 amide bonds. The molecule has 0 saturated carbocycles. The van der Waals surface area contributed by atoms with Crippen LogP contribution >= 0.6 is 0 Å². The molecule has 4 rings (SSSR count). The van der Waals surface area contributed by atoms with Crippen molar-refractivity contribution in [2.75, 3.05) is 0 Å². The molecule has 0 fully saturated rings. The molecule has 1 N–H and O–H groups in total. The third-order valence-corrected chi connectivity index (χ3v) is 4.54. The summed E-state index contributed by atoms with van der Waals surface area (Å²) >= 11 is 0. The Morgan fingerprint density at radius 3 is 2.48 bits per heavy atom. The zero-order valence-corrected chi connectivity index (χ0v) is 14.3. The van der Waals surface area contributed by atoms with Gasteiger partial charge >= 0.3 is 0 Å². The van der Waals surface area contributed by atoms with Gasteiger partial charge in [-0.15, -0.1) is 0 Å². The topological polar surface area (TPSA) is 29.3 Å². The minimum atomic E-state index is 0.731. The number of para-hydroxylation sites is 1. The van der Waals surface area contributed by atoms with Gasteiger partial charge in [-0.25, -0.2) is 0 Å². The lowest BCUT2D eigenvalue weighted by atomic mass is 10.1. The number of nitrogens with zero attached hydrogens (tertiary/aromatic N) is 2. The van der Waals surface area contributed by atoms with E-state index in [1.54, 1.807) is 0 Å². The van der Waals surface area contributed by atoms with E-state index in [4.69, 9.17) is 0 Å². The van der Waals surface area contributed by atoms with Gasteiger partial charge in [0.2, 0.25) is 0 Å². The summed E-state index contributed by atoms with van der Waals surface area (Å²) in [5.74, 6) is 0. The molecule has 0 spiro atoms. The van der Waals surface area contributed by atoms with Crippen molar-refractivity contribution in [3.05, 3.63) is 83.9 Å². The van der Waals surface area contributed by atoms with Crippen LogP contribution in [0.2, 0.25) is 0 Å². The predicted octanol–water partition coefficient (Wildman–Crippen LogP) is 4.94. The molecule has 0 aliphatic carbocycles. The molecule has 0 atom stereocenters. The van der Waals surface area contributed by atoms with Crippen LogP contribution < -0.4 is 5.43 Å². The highest BCUT2D eigenvalue weighted by Crippen LogP contribution is 2.29. The van der Waals surface area contributed by atoms with Crippen LogP contribution in [0, 0.1) is 0 Å². The molecule has 3 aromatic carbocycles. The lowest BCUT2D eigenvalue weighted by molar-refractivity contribution is 0.748. The number of aromatic nitrogens is 1. The molecule has 0 aliphatic rings. The summed E-state index contributed by atoms with van der Waals surface area (Å²) in [7, 11) is 0. The summed E-state index contributed by atoms with van der Waals surface area (Å²) in [6.45, 7) is 3.89. The van der Waals surface area contributed by atoms with E-state index in [2.05, 4.69) is 76.6 Å². The normalized spacial score (nSPS) is 11.6. The lowest BCUT2D eigenvalue weighted by Gasteiger charge is -2.03.